The summed E-state index contributed by atoms with van der Waals surface area (Å²) in [5.74, 6) is 0.455. The minimum Gasteiger partial charge on any atom is -0.366 e. The molecular formula is C24H31N3O. The van der Waals surface area contributed by atoms with E-state index < -0.39 is 0 Å². The fourth-order valence-electron chi connectivity index (χ4n) is 4.37. The van der Waals surface area contributed by atoms with Gasteiger partial charge in [-0.05, 0) is 93.1 Å². The minimum absolute atomic E-state index is 0.0700. The minimum atomic E-state index is -0.0700. The average molecular weight is 378 g/mol. The highest BCUT2D eigenvalue weighted by Gasteiger charge is 2.35. The molecule has 1 aliphatic heterocycles. The van der Waals surface area contributed by atoms with Gasteiger partial charge >= 0.3 is 0 Å². The van der Waals surface area contributed by atoms with E-state index in [9.17, 15) is 4.79 Å². The second-order valence-electron chi connectivity index (χ2n) is 8.42. The topological polar surface area (TPSA) is 44.7 Å². The summed E-state index contributed by atoms with van der Waals surface area (Å²) in [6.07, 6.45) is 3.10. The second kappa shape index (κ2) is 7.78. The van der Waals surface area contributed by atoms with Gasteiger partial charge in [-0.25, -0.2) is 0 Å². The van der Waals surface area contributed by atoms with Crippen LogP contribution in [-0.4, -0.2) is 24.2 Å². The molecule has 3 rings (SSSR count). The summed E-state index contributed by atoms with van der Waals surface area (Å²) >= 11 is 0. The van der Waals surface area contributed by atoms with Crippen LogP contribution in [0.3, 0.4) is 0 Å². The van der Waals surface area contributed by atoms with Crippen LogP contribution in [0.1, 0.15) is 63.6 Å². The summed E-state index contributed by atoms with van der Waals surface area (Å²) in [5.41, 5.74) is 7.00. The van der Waals surface area contributed by atoms with Gasteiger partial charge in [-0.15, -0.1) is 0 Å². The first-order valence-corrected chi connectivity index (χ1v) is 10.0. The van der Waals surface area contributed by atoms with Crippen molar-refractivity contribution in [2.45, 2.75) is 59.4 Å². The van der Waals surface area contributed by atoms with Gasteiger partial charge in [-0.1, -0.05) is 6.92 Å². The lowest BCUT2D eigenvalue weighted by Crippen LogP contribution is -2.48. The van der Waals surface area contributed by atoms with Crippen LogP contribution in [0.4, 0.5) is 17.1 Å². The van der Waals surface area contributed by atoms with Gasteiger partial charge in [-0.3, -0.25) is 9.79 Å². The van der Waals surface area contributed by atoms with Gasteiger partial charge < -0.3 is 10.2 Å². The van der Waals surface area contributed by atoms with Crippen molar-refractivity contribution in [3.05, 3.63) is 53.1 Å². The molecule has 0 saturated carbocycles. The van der Waals surface area contributed by atoms with Crippen molar-refractivity contribution in [1.29, 1.82) is 0 Å². The third-order valence-corrected chi connectivity index (χ3v) is 5.63. The molecule has 0 aromatic heterocycles. The van der Waals surface area contributed by atoms with E-state index in [4.69, 9.17) is 0 Å². The van der Waals surface area contributed by atoms with E-state index in [2.05, 4.69) is 62.0 Å². The Bertz CT molecular complexity index is 897. The Hall–Kier alpha value is -2.62. The molecule has 0 unspecified atom stereocenters. The third kappa shape index (κ3) is 4.11. The molecular weight excluding hydrogens is 346 g/mol. The number of nitrogens with one attached hydrogen (secondary N) is 1. The monoisotopic (exact) mass is 377 g/mol. The maximum atomic E-state index is 11.1. The highest BCUT2D eigenvalue weighted by atomic mass is 16.1. The lowest BCUT2D eigenvalue weighted by molar-refractivity contribution is -0.114. The molecule has 0 bridgehead atoms. The molecule has 0 fully saturated rings. The molecule has 1 aliphatic rings. The molecule has 1 amide bonds. The number of hydrogen-bond donors (Lipinski definition) is 1. The fraction of sp³-hybridized carbons (Fsp3) is 0.417. The first-order chi connectivity index (χ1) is 13.2. The molecule has 28 heavy (non-hydrogen) atoms. The van der Waals surface area contributed by atoms with E-state index in [0.717, 1.165) is 29.9 Å². The van der Waals surface area contributed by atoms with E-state index in [1.54, 1.807) is 0 Å². The van der Waals surface area contributed by atoms with Crippen LogP contribution in [0.2, 0.25) is 0 Å². The number of aryl methyl sites for hydroxylation is 1. The van der Waals surface area contributed by atoms with E-state index >= 15 is 0 Å². The van der Waals surface area contributed by atoms with E-state index in [0.29, 0.717) is 5.92 Å². The van der Waals surface area contributed by atoms with Gasteiger partial charge in [0.25, 0.3) is 0 Å². The van der Waals surface area contributed by atoms with E-state index in [-0.39, 0.29) is 11.4 Å². The SMILES string of the molecule is CCN1c2cc(C)c(C=Nc3ccc(NC(C)=O)cc3)cc2[C@H](C)CC1(C)C. The van der Waals surface area contributed by atoms with Crippen molar-refractivity contribution in [2.75, 3.05) is 16.8 Å². The Labute approximate surface area is 168 Å². The molecule has 148 valence electrons. The Morgan fingerprint density at radius 1 is 1.29 bits per heavy atom. The molecule has 4 nitrogen and oxygen atoms in total. The number of hydrogen-bond acceptors (Lipinski definition) is 3. The Balaban J connectivity index is 1.89. The zero-order valence-corrected chi connectivity index (χ0v) is 17.8. The molecule has 1 heterocycles. The molecule has 0 saturated heterocycles. The maximum Gasteiger partial charge on any atom is 0.221 e. The van der Waals surface area contributed by atoms with Crippen molar-refractivity contribution < 1.29 is 4.79 Å². The number of aliphatic imine (C=N–C) groups is 1. The Morgan fingerprint density at radius 2 is 1.96 bits per heavy atom. The number of amides is 1. The van der Waals surface area contributed by atoms with E-state index in [1.165, 1.54) is 23.7 Å². The lowest BCUT2D eigenvalue weighted by atomic mass is 9.79. The van der Waals surface area contributed by atoms with Gasteiger partial charge in [0, 0.05) is 36.6 Å². The summed E-state index contributed by atoms with van der Waals surface area (Å²) in [5, 5.41) is 2.77. The van der Waals surface area contributed by atoms with Crippen molar-refractivity contribution >= 4 is 29.2 Å². The zero-order chi connectivity index (χ0) is 20.5. The number of rotatable bonds is 4. The van der Waals surface area contributed by atoms with Gasteiger partial charge in [0.15, 0.2) is 0 Å². The fourth-order valence-corrected chi connectivity index (χ4v) is 4.37. The molecule has 4 heteroatoms. The van der Waals surface area contributed by atoms with Gasteiger partial charge in [0.2, 0.25) is 5.91 Å². The quantitative estimate of drug-likeness (QED) is 0.683. The highest BCUT2D eigenvalue weighted by molar-refractivity contribution is 5.89. The number of benzene rings is 2. The summed E-state index contributed by atoms with van der Waals surface area (Å²) in [7, 11) is 0. The number of fused-ring (bicyclic) bond motifs is 1. The van der Waals surface area contributed by atoms with Crippen LogP contribution in [-0.2, 0) is 4.79 Å². The molecule has 1 N–H and O–H groups in total. The van der Waals surface area contributed by atoms with Crippen LogP contribution in [0.5, 0.6) is 0 Å². The maximum absolute atomic E-state index is 11.1. The predicted octanol–water partition coefficient (Wildman–Crippen LogP) is 5.82. The summed E-state index contributed by atoms with van der Waals surface area (Å²) in [6.45, 7) is 13.9. The standard InChI is InChI=1S/C24H31N3O/c1-7-27-23-12-16(2)19(13-22(23)17(3)14-24(27,5)6)15-25-20-8-10-21(11-9-20)26-18(4)28/h8-13,15,17H,7,14H2,1-6H3,(H,26,28)/t17-/m1/s1. The largest absolute Gasteiger partial charge is 0.366 e. The van der Waals surface area contributed by atoms with Gasteiger partial charge in [-0.2, -0.15) is 0 Å². The van der Waals surface area contributed by atoms with Crippen molar-refractivity contribution in [3.63, 3.8) is 0 Å². The molecule has 0 radical (unpaired) electrons. The first kappa shape index (κ1) is 20.1. The molecule has 1 atom stereocenters. The average Bonchev–Trinajstić information content (AvgIpc) is 2.60. The normalized spacial score (nSPS) is 18.2. The Morgan fingerprint density at radius 3 is 2.57 bits per heavy atom. The van der Waals surface area contributed by atoms with Crippen LogP contribution in [0.15, 0.2) is 41.4 Å². The van der Waals surface area contributed by atoms with Crippen molar-refractivity contribution in [2.24, 2.45) is 4.99 Å². The number of anilines is 2. The number of carbonyl (C=O) groups is 1. The smallest absolute Gasteiger partial charge is 0.221 e. The van der Waals surface area contributed by atoms with Gasteiger partial charge in [0.05, 0.1) is 5.69 Å². The van der Waals surface area contributed by atoms with Gasteiger partial charge in [0.1, 0.15) is 0 Å². The highest BCUT2D eigenvalue weighted by Crippen LogP contribution is 2.44. The van der Waals surface area contributed by atoms with Crippen LogP contribution in [0.25, 0.3) is 0 Å². The zero-order valence-electron chi connectivity index (χ0n) is 17.8. The van der Waals surface area contributed by atoms with Crippen LogP contribution >= 0.6 is 0 Å². The van der Waals surface area contributed by atoms with Crippen molar-refractivity contribution in [3.8, 4) is 0 Å². The predicted molar refractivity (Wildman–Crippen MR) is 119 cm³/mol. The molecule has 0 spiro atoms. The number of carbonyl (C=O) groups excluding carboxylic acids is 1. The van der Waals surface area contributed by atoms with Crippen LogP contribution in [0, 0.1) is 6.92 Å². The second-order valence-corrected chi connectivity index (χ2v) is 8.42. The first-order valence-electron chi connectivity index (χ1n) is 10.0. The summed E-state index contributed by atoms with van der Waals surface area (Å²) in [6, 6.07) is 12.2. The summed E-state index contributed by atoms with van der Waals surface area (Å²) < 4.78 is 0. The summed E-state index contributed by atoms with van der Waals surface area (Å²) in [4.78, 5) is 18.3. The molecule has 2 aromatic rings. The van der Waals surface area contributed by atoms with Crippen LogP contribution < -0.4 is 10.2 Å². The lowest BCUT2D eigenvalue weighted by Gasteiger charge is -2.47. The Kier molecular flexibility index (Phi) is 5.59. The molecule has 2 aromatic carbocycles. The van der Waals surface area contributed by atoms with Crippen molar-refractivity contribution in [1.82, 2.24) is 0 Å². The number of nitrogens with zero attached hydrogens (tertiary/aromatic N) is 2. The third-order valence-electron chi connectivity index (χ3n) is 5.63. The molecule has 0 aliphatic carbocycles. The van der Waals surface area contributed by atoms with E-state index in [1.807, 2.05) is 30.5 Å².